The van der Waals surface area contributed by atoms with Gasteiger partial charge in [-0.2, -0.15) is 0 Å². The smallest absolute Gasteiger partial charge is 0.399 e. The van der Waals surface area contributed by atoms with Gasteiger partial charge in [0.05, 0.1) is 11.2 Å². The van der Waals surface area contributed by atoms with Gasteiger partial charge in [0.25, 0.3) is 5.92 Å². The molecule has 0 N–H and O–H groups in total. The molecule has 1 aliphatic rings. The Bertz CT molecular complexity index is 545. The van der Waals surface area contributed by atoms with E-state index in [4.69, 9.17) is 9.31 Å². The Labute approximate surface area is 125 Å². The van der Waals surface area contributed by atoms with Crippen LogP contribution in [-0.2, 0) is 15.2 Å². The van der Waals surface area contributed by atoms with Gasteiger partial charge < -0.3 is 9.31 Å². The van der Waals surface area contributed by atoms with Gasteiger partial charge in [0.15, 0.2) is 0 Å². The first-order chi connectivity index (χ1) is 9.50. The van der Waals surface area contributed by atoms with Gasteiger partial charge in [-0.05, 0) is 40.2 Å². The highest BCUT2D eigenvalue weighted by atomic mass is 19.3. The number of halogens is 2. The zero-order valence-electron chi connectivity index (χ0n) is 13.5. The molecule has 1 atom stereocenters. The van der Waals surface area contributed by atoms with E-state index in [0.717, 1.165) is 13.3 Å². The molecule has 6 heteroatoms. The average molecular weight is 297 g/mol. The fraction of sp³-hybridized carbons (Fsp3) is 0.667. The first-order valence-electron chi connectivity index (χ1n) is 7.20. The highest BCUT2D eigenvalue weighted by Crippen LogP contribution is 2.39. The van der Waals surface area contributed by atoms with Crippen molar-refractivity contribution in [1.29, 1.82) is 0 Å². The maximum absolute atomic E-state index is 13.6. The van der Waals surface area contributed by atoms with Crippen LogP contribution < -0.4 is 5.46 Å². The summed E-state index contributed by atoms with van der Waals surface area (Å²) in [6.45, 7) is 10.3. The van der Waals surface area contributed by atoms with Crippen molar-refractivity contribution < 1.29 is 18.1 Å². The molecule has 116 valence electrons. The molecule has 0 aliphatic carbocycles. The lowest BCUT2D eigenvalue weighted by Gasteiger charge is -2.35. The van der Waals surface area contributed by atoms with Crippen molar-refractivity contribution >= 4 is 12.6 Å². The van der Waals surface area contributed by atoms with Crippen LogP contribution in [0.2, 0.25) is 0 Å². The fourth-order valence-electron chi connectivity index (χ4n) is 2.56. The SMILES string of the molecule is CCC1(C)OB(c2cnc(C)c(C(C)(F)F)c2)OC1(C)C. The van der Waals surface area contributed by atoms with Gasteiger partial charge in [-0.3, -0.25) is 4.98 Å². The molecule has 0 amide bonds. The molecule has 1 aromatic rings. The summed E-state index contributed by atoms with van der Waals surface area (Å²) in [4.78, 5) is 4.07. The predicted octanol–water partition coefficient (Wildman–Crippen LogP) is 3.19. The normalized spacial score (nSPS) is 25.4. The van der Waals surface area contributed by atoms with Gasteiger partial charge in [-0.25, -0.2) is 8.78 Å². The summed E-state index contributed by atoms with van der Waals surface area (Å²) < 4.78 is 39.2. The molecule has 1 aromatic heterocycles. The second-order valence-electron chi connectivity index (χ2n) is 6.45. The molecule has 1 unspecified atom stereocenters. The first-order valence-corrected chi connectivity index (χ1v) is 7.20. The van der Waals surface area contributed by atoms with Crippen molar-refractivity contribution in [2.45, 2.75) is 65.1 Å². The molecule has 0 aromatic carbocycles. The minimum Gasteiger partial charge on any atom is -0.399 e. The van der Waals surface area contributed by atoms with Crippen LogP contribution in [0.4, 0.5) is 8.78 Å². The summed E-state index contributed by atoms with van der Waals surface area (Å²) in [5, 5.41) is 0. The van der Waals surface area contributed by atoms with Gasteiger partial charge in [0, 0.05) is 29.8 Å². The molecule has 0 radical (unpaired) electrons. The number of pyridine rings is 1. The standard InChI is InChI=1S/C15H22BF2NO2/c1-7-14(5)13(3,4)20-16(21-14)11-8-12(15(6,17)18)10(2)19-9-11/h8-9H,7H2,1-6H3. The van der Waals surface area contributed by atoms with E-state index in [1.807, 2.05) is 27.7 Å². The first kappa shape index (κ1) is 16.4. The molecular weight excluding hydrogens is 275 g/mol. The molecule has 0 bridgehead atoms. The van der Waals surface area contributed by atoms with Crippen LogP contribution in [0.15, 0.2) is 12.3 Å². The lowest BCUT2D eigenvalue weighted by Crippen LogP contribution is -2.44. The van der Waals surface area contributed by atoms with E-state index in [9.17, 15) is 8.78 Å². The topological polar surface area (TPSA) is 31.4 Å². The quantitative estimate of drug-likeness (QED) is 0.803. The van der Waals surface area contributed by atoms with Gasteiger partial charge in [0.1, 0.15) is 0 Å². The Balaban J connectivity index is 2.37. The Hall–Kier alpha value is -1.01. The van der Waals surface area contributed by atoms with E-state index in [0.29, 0.717) is 11.2 Å². The van der Waals surface area contributed by atoms with Crippen LogP contribution >= 0.6 is 0 Å². The third kappa shape index (κ3) is 2.83. The third-order valence-electron chi connectivity index (χ3n) is 4.57. The number of alkyl halides is 2. The Morgan fingerprint density at radius 3 is 2.38 bits per heavy atom. The molecule has 3 nitrogen and oxygen atoms in total. The summed E-state index contributed by atoms with van der Waals surface area (Å²) in [6, 6.07) is 1.44. The molecule has 0 spiro atoms. The lowest BCUT2D eigenvalue weighted by molar-refractivity contribution is -0.0118. The summed E-state index contributed by atoms with van der Waals surface area (Å²) in [5.41, 5.74) is -0.192. The Morgan fingerprint density at radius 1 is 1.29 bits per heavy atom. The van der Waals surface area contributed by atoms with Gasteiger partial charge in [-0.1, -0.05) is 6.92 Å². The minimum absolute atomic E-state index is 0.0879. The minimum atomic E-state index is -2.94. The van der Waals surface area contributed by atoms with Crippen molar-refractivity contribution in [2.75, 3.05) is 0 Å². The number of hydrogen-bond acceptors (Lipinski definition) is 3. The zero-order valence-corrected chi connectivity index (χ0v) is 13.5. The molecular formula is C15H22BF2NO2. The maximum Gasteiger partial charge on any atom is 0.496 e. The second-order valence-corrected chi connectivity index (χ2v) is 6.45. The molecule has 1 fully saturated rings. The average Bonchev–Trinajstić information content (AvgIpc) is 2.60. The van der Waals surface area contributed by atoms with Crippen molar-refractivity contribution in [3.05, 3.63) is 23.5 Å². The van der Waals surface area contributed by atoms with Crippen molar-refractivity contribution in [1.82, 2.24) is 4.98 Å². The number of hydrogen-bond donors (Lipinski definition) is 0. The maximum atomic E-state index is 13.6. The lowest BCUT2D eigenvalue weighted by atomic mass is 9.79. The van der Waals surface area contributed by atoms with E-state index >= 15 is 0 Å². The van der Waals surface area contributed by atoms with E-state index in [-0.39, 0.29) is 5.56 Å². The van der Waals surface area contributed by atoms with Crippen molar-refractivity contribution in [3.8, 4) is 0 Å². The number of aromatic nitrogens is 1. The monoisotopic (exact) mass is 297 g/mol. The Kier molecular flexibility index (Phi) is 3.91. The van der Waals surface area contributed by atoms with Crippen LogP contribution in [0.3, 0.4) is 0 Å². The molecule has 2 heterocycles. The predicted molar refractivity (Wildman–Crippen MR) is 78.9 cm³/mol. The van der Waals surface area contributed by atoms with E-state index in [1.54, 1.807) is 13.1 Å². The molecule has 1 aliphatic heterocycles. The number of aryl methyl sites for hydroxylation is 1. The molecule has 2 rings (SSSR count). The van der Waals surface area contributed by atoms with Gasteiger partial charge in [0.2, 0.25) is 0 Å². The largest absolute Gasteiger partial charge is 0.496 e. The van der Waals surface area contributed by atoms with Gasteiger partial charge in [-0.15, -0.1) is 0 Å². The van der Waals surface area contributed by atoms with E-state index in [2.05, 4.69) is 4.98 Å². The highest BCUT2D eigenvalue weighted by molar-refractivity contribution is 6.62. The molecule has 21 heavy (non-hydrogen) atoms. The van der Waals surface area contributed by atoms with Gasteiger partial charge >= 0.3 is 7.12 Å². The summed E-state index contributed by atoms with van der Waals surface area (Å²) >= 11 is 0. The molecule has 0 saturated carbocycles. The zero-order chi connectivity index (χ0) is 16.1. The number of rotatable bonds is 3. The van der Waals surface area contributed by atoms with Crippen LogP contribution in [0.25, 0.3) is 0 Å². The Morgan fingerprint density at radius 2 is 1.90 bits per heavy atom. The van der Waals surface area contributed by atoms with Crippen molar-refractivity contribution in [2.24, 2.45) is 0 Å². The summed E-state index contributed by atoms with van der Waals surface area (Å²) in [5.74, 6) is -2.94. The summed E-state index contributed by atoms with van der Waals surface area (Å²) in [7, 11) is -0.667. The number of nitrogens with zero attached hydrogens (tertiary/aromatic N) is 1. The highest BCUT2D eigenvalue weighted by Gasteiger charge is 2.53. The molecule has 1 saturated heterocycles. The van der Waals surface area contributed by atoms with Crippen LogP contribution in [-0.4, -0.2) is 23.3 Å². The summed E-state index contributed by atoms with van der Waals surface area (Å²) in [6.07, 6.45) is 2.32. The second kappa shape index (κ2) is 5.02. The van der Waals surface area contributed by atoms with E-state index < -0.39 is 24.2 Å². The van der Waals surface area contributed by atoms with Crippen LogP contribution in [0.5, 0.6) is 0 Å². The van der Waals surface area contributed by atoms with Crippen LogP contribution in [0, 0.1) is 6.92 Å². The fourth-order valence-corrected chi connectivity index (χ4v) is 2.56. The third-order valence-corrected chi connectivity index (χ3v) is 4.57. The van der Waals surface area contributed by atoms with E-state index in [1.165, 1.54) is 6.07 Å². The van der Waals surface area contributed by atoms with Crippen LogP contribution in [0.1, 0.15) is 52.3 Å². The van der Waals surface area contributed by atoms with Crippen molar-refractivity contribution in [3.63, 3.8) is 0 Å².